The molecule has 234 valence electrons. The van der Waals surface area contributed by atoms with E-state index >= 15 is 0 Å². The number of amides is 2. The Hall–Kier alpha value is -3.77. The summed E-state index contributed by atoms with van der Waals surface area (Å²) >= 11 is 6.09. The number of alkyl carbamates (subject to hydrolysis) is 1. The molecule has 0 unspecified atom stereocenters. The lowest BCUT2D eigenvalue weighted by Gasteiger charge is -2.20. The van der Waals surface area contributed by atoms with Crippen LogP contribution >= 0.6 is 11.6 Å². The predicted molar refractivity (Wildman–Crippen MR) is 156 cm³/mol. The van der Waals surface area contributed by atoms with Gasteiger partial charge in [0, 0.05) is 43.6 Å². The quantitative estimate of drug-likeness (QED) is 0.212. The zero-order chi connectivity index (χ0) is 31.7. The van der Waals surface area contributed by atoms with Crippen LogP contribution in [-0.2, 0) is 17.7 Å². The number of aliphatic hydroxyl groups excluding tert-OH is 1. The Morgan fingerprint density at radius 2 is 1.84 bits per heavy atom. The van der Waals surface area contributed by atoms with Gasteiger partial charge in [-0.1, -0.05) is 42.8 Å². The fraction of sp³-hybridized carbons (Fsp3) is 0.433. The fourth-order valence-electron chi connectivity index (χ4n) is 4.33. The Labute approximate surface area is 253 Å². The number of imidazole rings is 1. The van der Waals surface area contributed by atoms with Gasteiger partial charge in [0.05, 0.1) is 10.7 Å². The molecule has 0 aliphatic carbocycles. The van der Waals surface area contributed by atoms with E-state index in [9.17, 15) is 27.9 Å². The van der Waals surface area contributed by atoms with Gasteiger partial charge in [-0.15, -0.1) is 0 Å². The van der Waals surface area contributed by atoms with Crippen LogP contribution in [0, 0.1) is 0 Å². The second kappa shape index (κ2) is 15.1. The number of ether oxygens (including phenoxy) is 2. The first-order valence-electron chi connectivity index (χ1n) is 13.9. The van der Waals surface area contributed by atoms with Gasteiger partial charge >= 0.3 is 12.3 Å². The van der Waals surface area contributed by atoms with E-state index in [1.54, 1.807) is 0 Å². The van der Waals surface area contributed by atoms with Gasteiger partial charge in [-0.05, 0) is 56.9 Å². The molecule has 3 aromatic rings. The van der Waals surface area contributed by atoms with Crippen molar-refractivity contribution in [1.82, 2.24) is 20.2 Å². The van der Waals surface area contributed by atoms with E-state index in [1.807, 2.05) is 48.9 Å². The minimum Gasteiger partial charge on any atom is -0.480 e. The number of hydrogen-bond acceptors (Lipinski definition) is 6. The smallest absolute Gasteiger partial charge is 0.425 e. The maximum Gasteiger partial charge on any atom is 0.425 e. The maximum absolute atomic E-state index is 12.9. The molecule has 2 aromatic carbocycles. The average molecular weight is 625 g/mol. The molecule has 0 spiro atoms. The highest BCUT2D eigenvalue weighted by Crippen LogP contribution is 2.31. The second-order valence-corrected chi connectivity index (χ2v) is 10.3. The number of carbonyl (C=O) groups excluding carboxylic acids is 2. The third-order valence-electron chi connectivity index (χ3n) is 6.76. The van der Waals surface area contributed by atoms with Crippen LogP contribution < -0.4 is 15.4 Å². The van der Waals surface area contributed by atoms with Crippen molar-refractivity contribution in [2.24, 2.45) is 0 Å². The molecular weight excluding hydrogens is 589 g/mol. The third kappa shape index (κ3) is 9.11. The second-order valence-electron chi connectivity index (χ2n) is 9.85. The van der Waals surface area contributed by atoms with Gasteiger partial charge in [-0.25, -0.2) is 9.78 Å². The standard InChI is InChI=1S/C30H36ClF3N4O5/c1-5-25(43-29(41)35-4)27-37-24(17-38(27)6-2)20-9-7-19(8-10-20)15-22(13-14-39)36-28(40)21-11-12-26(23(31)16-21)42-18(3)30(32,33)34/h7-12,16-18,22,25,39H,5-6,13-15H2,1-4H3,(H,35,41)(H,36,40)/t18-,22-,25-/m1/s1. The zero-order valence-corrected chi connectivity index (χ0v) is 25.1. The van der Waals surface area contributed by atoms with Crippen LogP contribution in [0.2, 0.25) is 5.02 Å². The highest BCUT2D eigenvalue weighted by molar-refractivity contribution is 6.32. The summed E-state index contributed by atoms with van der Waals surface area (Å²) in [6.45, 7) is 5.23. The topological polar surface area (TPSA) is 115 Å². The van der Waals surface area contributed by atoms with Crippen molar-refractivity contribution in [2.45, 2.75) is 71.0 Å². The van der Waals surface area contributed by atoms with E-state index in [-0.39, 0.29) is 29.4 Å². The number of carbonyl (C=O) groups is 2. The minimum absolute atomic E-state index is 0.128. The summed E-state index contributed by atoms with van der Waals surface area (Å²) in [6.07, 6.45) is -4.50. The van der Waals surface area contributed by atoms with Crippen LogP contribution in [0.25, 0.3) is 11.3 Å². The van der Waals surface area contributed by atoms with Crippen molar-refractivity contribution in [3.8, 4) is 17.0 Å². The van der Waals surface area contributed by atoms with Gasteiger partial charge < -0.3 is 29.8 Å². The summed E-state index contributed by atoms with van der Waals surface area (Å²) in [4.78, 5) is 29.4. The summed E-state index contributed by atoms with van der Waals surface area (Å²) < 4.78 is 50.8. The van der Waals surface area contributed by atoms with E-state index in [0.29, 0.717) is 25.2 Å². The Balaban J connectivity index is 1.70. The summed E-state index contributed by atoms with van der Waals surface area (Å²) in [7, 11) is 1.50. The highest BCUT2D eigenvalue weighted by Gasteiger charge is 2.38. The number of benzene rings is 2. The van der Waals surface area contributed by atoms with Crippen molar-refractivity contribution >= 4 is 23.6 Å². The van der Waals surface area contributed by atoms with Crippen molar-refractivity contribution in [3.63, 3.8) is 0 Å². The molecular formula is C30H36ClF3N4O5. The summed E-state index contributed by atoms with van der Waals surface area (Å²) in [5.74, 6) is -0.0300. The Morgan fingerprint density at radius 1 is 1.14 bits per heavy atom. The van der Waals surface area contributed by atoms with Gasteiger partial charge in [0.2, 0.25) is 0 Å². The van der Waals surface area contributed by atoms with Crippen LogP contribution in [0.15, 0.2) is 48.7 Å². The van der Waals surface area contributed by atoms with E-state index in [2.05, 4.69) is 10.6 Å². The number of halogens is 4. The molecule has 3 N–H and O–H groups in total. The minimum atomic E-state index is -4.56. The molecule has 43 heavy (non-hydrogen) atoms. The summed E-state index contributed by atoms with van der Waals surface area (Å²) in [6, 6.07) is 11.0. The maximum atomic E-state index is 12.9. The summed E-state index contributed by atoms with van der Waals surface area (Å²) in [5.41, 5.74) is 2.61. The Bertz CT molecular complexity index is 1380. The van der Waals surface area contributed by atoms with Gasteiger partial charge in [0.15, 0.2) is 18.0 Å². The molecule has 0 bridgehead atoms. The molecule has 3 rings (SSSR count). The van der Waals surface area contributed by atoms with Crippen molar-refractivity contribution in [3.05, 3.63) is 70.6 Å². The lowest BCUT2D eigenvalue weighted by Crippen LogP contribution is -2.37. The van der Waals surface area contributed by atoms with E-state index in [0.717, 1.165) is 23.7 Å². The van der Waals surface area contributed by atoms with Crippen LogP contribution in [0.5, 0.6) is 5.75 Å². The molecule has 0 fully saturated rings. The number of nitrogens with one attached hydrogen (secondary N) is 2. The number of aliphatic hydroxyl groups is 1. The molecule has 3 atom stereocenters. The first-order chi connectivity index (χ1) is 20.4. The first-order valence-corrected chi connectivity index (χ1v) is 14.3. The molecule has 0 radical (unpaired) electrons. The number of aryl methyl sites for hydroxylation is 1. The largest absolute Gasteiger partial charge is 0.480 e. The van der Waals surface area contributed by atoms with E-state index in [4.69, 9.17) is 26.1 Å². The number of alkyl halides is 3. The SMILES string of the molecule is CC[C@@H](OC(=O)NC)c1nc(-c2ccc(C[C@@H](CCO)NC(=O)c3ccc(O[C@H](C)C(F)(F)F)c(Cl)c3)cc2)cn1CC. The first kappa shape index (κ1) is 33.7. The van der Waals surface area contributed by atoms with Crippen molar-refractivity contribution < 1.29 is 37.3 Å². The van der Waals surface area contributed by atoms with Crippen LogP contribution in [0.3, 0.4) is 0 Å². The summed E-state index contributed by atoms with van der Waals surface area (Å²) in [5, 5.41) is 14.8. The molecule has 13 heteroatoms. The number of nitrogens with zero attached hydrogens (tertiary/aromatic N) is 2. The average Bonchev–Trinajstić information content (AvgIpc) is 3.41. The Morgan fingerprint density at radius 3 is 2.40 bits per heavy atom. The predicted octanol–water partition coefficient (Wildman–Crippen LogP) is 6.08. The highest BCUT2D eigenvalue weighted by atomic mass is 35.5. The number of hydrogen-bond donors (Lipinski definition) is 3. The van der Waals surface area contributed by atoms with Gasteiger partial charge in [-0.3, -0.25) is 4.79 Å². The lowest BCUT2D eigenvalue weighted by molar-refractivity contribution is -0.189. The molecule has 1 heterocycles. The van der Waals surface area contributed by atoms with Gasteiger partial charge in [0.1, 0.15) is 5.75 Å². The molecule has 1 aromatic heterocycles. The fourth-order valence-corrected chi connectivity index (χ4v) is 4.55. The molecule has 0 saturated heterocycles. The van der Waals surface area contributed by atoms with Crippen LogP contribution in [-0.4, -0.2) is 58.6 Å². The molecule has 9 nitrogen and oxygen atoms in total. The van der Waals surface area contributed by atoms with Crippen LogP contribution in [0.4, 0.5) is 18.0 Å². The monoisotopic (exact) mass is 624 g/mol. The zero-order valence-electron chi connectivity index (χ0n) is 24.4. The molecule has 0 aliphatic heterocycles. The van der Waals surface area contributed by atoms with Crippen molar-refractivity contribution in [1.29, 1.82) is 0 Å². The number of rotatable bonds is 13. The van der Waals surface area contributed by atoms with Gasteiger partial charge in [-0.2, -0.15) is 13.2 Å². The molecule has 0 saturated carbocycles. The number of aromatic nitrogens is 2. The normalized spacial score (nSPS) is 13.6. The van der Waals surface area contributed by atoms with E-state index in [1.165, 1.54) is 25.2 Å². The van der Waals surface area contributed by atoms with Gasteiger partial charge in [0.25, 0.3) is 5.91 Å². The molecule has 0 aliphatic rings. The molecule has 2 amide bonds. The van der Waals surface area contributed by atoms with E-state index < -0.39 is 36.4 Å². The Kier molecular flexibility index (Phi) is 11.8. The van der Waals surface area contributed by atoms with Crippen molar-refractivity contribution in [2.75, 3.05) is 13.7 Å². The van der Waals surface area contributed by atoms with Crippen LogP contribution in [0.1, 0.15) is 61.5 Å². The third-order valence-corrected chi connectivity index (χ3v) is 7.06. The lowest BCUT2D eigenvalue weighted by atomic mass is 10.0.